The minimum absolute atomic E-state index is 0.0319. The van der Waals surface area contributed by atoms with Crippen LogP contribution in [-0.4, -0.2) is 34.5 Å². The van der Waals surface area contributed by atoms with Crippen molar-refractivity contribution in [1.29, 1.82) is 0 Å². The predicted molar refractivity (Wildman–Crippen MR) is 74.3 cm³/mol. The number of nitrogens with zero attached hydrogens (tertiary/aromatic N) is 1. The van der Waals surface area contributed by atoms with E-state index in [-0.39, 0.29) is 24.4 Å². The molecule has 0 aliphatic heterocycles. The maximum Gasteiger partial charge on any atom is 0.323 e. The Morgan fingerprint density at radius 3 is 2.50 bits per heavy atom. The number of carbonyl (C=O) groups excluding carboxylic acids is 1. The van der Waals surface area contributed by atoms with Crippen molar-refractivity contribution in [2.45, 2.75) is 38.1 Å². The molecule has 1 aromatic carbocycles. The molecule has 106 valence electrons. The van der Waals surface area contributed by atoms with Crippen LogP contribution >= 0.6 is 0 Å². The molecule has 1 saturated carbocycles. The van der Waals surface area contributed by atoms with Gasteiger partial charge in [-0.05, 0) is 43.2 Å². The van der Waals surface area contributed by atoms with Crippen LogP contribution in [0.4, 0.5) is 0 Å². The first-order chi connectivity index (χ1) is 9.65. The molecule has 0 spiro atoms. The van der Waals surface area contributed by atoms with Crippen molar-refractivity contribution in [2.24, 2.45) is 5.92 Å². The van der Waals surface area contributed by atoms with E-state index in [4.69, 9.17) is 5.11 Å². The molecule has 4 heteroatoms. The highest BCUT2D eigenvalue weighted by atomic mass is 16.4. The minimum Gasteiger partial charge on any atom is -0.480 e. The van der Waals surface area contributed by atoms with Gasteiger partial charge in [-0.15, -0.1) is 0 Å². The van der Waals surface area contributed by atoms with Crippen molar-refractivity contribution in [3.63, 3.8) is 0 Å². The van der Waals surface area contributed by atoms with E-state index in [1.165, 1.54) is 11.1 Å². The zero-order valence-electron chi connectivity index (χ0n) is 11.4. The molecule has 1 aromatic rings. The van der Waals surface area contributed by atoms with Gasteiger partial charge in [0, 0.05) is 12.0 Å². The number of hydrogen-bond donors (Lipinski definition) is 1. The van der Waals surface area contributed by atoms with Crippen LogP contribution in [0.1, 0.15) is 30.4 Å². The fourth-order valence-electron chi connectivity index (χ4n) is 3.06. The summed E-state index contributed by atoms with van der Waals surface area (Å²) in [4.78, 5) is 25.1. The summed E-state index contributed by atoms with van der Waals surface area (Å²) in [6.07, 6.45) is 4.39. The predicted octanol–water partition coefficient (Wildman–Crippen LogP) is 1.87. The van der Waals surface area contributed by atoms with E-state index in [0.29, 0.717) is 0 Å². The Bertz CT molecular complexity index is 536. The number of benzene rings is 1. The molecular weight excluding hydrogens is 254 g/mol. The highest BCUT2D eigenvalue weighted by molar-refractivity contribution is 5.84. The summed E-state index contributed by atoms with van der Waals surface area (Å²) in [6.45, 7) is -0.151. The summed E-state index contributed by atoms with van der Waals surface area (Å²) < 4.78 is 0. The Kier molecular flexibility index (Phi) is 3.47. The van der Waals surface area contributed by atoms with Crippen LogP contribution in [0.15, 0.2) is 24.3 Å². The summed E-state index contributed by atoms with van der Waals surface area (Å²) in [5.41, 5.74) is 2.57. The van der Waals surface area contributed by atoms with Crippen LogP contribution in [-0.2, 0) is 22.4 Å². The molecule has 4 nitrogen and oxygen atoms in total. The summed E-state index contributed by atoms with van der Waals surface area (Å²) in [5.74, 6) is -0.935. The highest BCUT2D eigenvalue weighted by Gasteiger charge is 2.37. The van der Waals surface area contributed by atoms with Gasteiger partial charge >= 0.3 is 5.97 Å². The molecule has 1 unspecified atom stereocenters. The molecule has 0 saturated heterocycles. The SMILES string of the molecule is O=C(O)CN(C(=O)C1CCc2ccccc2C1)C1CC1. The standard InChI is InChI=1S/C16H19NO3/c18-15(19)10-17(14-7-8-14)16(20)13-6-5-11-3-1-2-4-12(11)9-13/h1-4,13-14H,5-10H2,(H,18,19). The largest absolute Gasteiger partial charge is 0.480 e. The van der Waals surface area contributed by atoms with Crippen LogP contribution in [0.25, 0.3) is 0 Å². The average Bonchev–Trinajstić information content (AvgIpc) is 3.28. The van der Waals surface area contributed by atoms with E-state index in [0.717, 1.165) is 32.1 Å². The fourth-order valence-corrected chi connectivity index (χ4v) is 3.06. The van der Waals surface area contributed by atoms with Crippen LogP contribution in [0, 0.1) is 5.92 Å². The smallest absolute Gasteiger partial charge is 0.323 e. The number of hydrogen-bond acceptors (Lipinski definition) is 2. The first-order valence-corrected chi connectivity index (χ1v) is 7.24. The number of aryl methyl sites for hydroxylation is 1. The number of aliphatic carboxylic acids is 1. The average molecular weight is 273 g/mol. The Hall–Kier alpha value is -1.84. The molecule has 1 fully saturated rings. The number of amides is 1. The van der Waals surface area contributed by atoms with Crippen LogP contribution in [0.5, 0.6) is 0 Å². The van der Waals surface area contributed by atoms with E-state index in [1.807, 2.05) is 12.1 Å². The Morgan fingerprint density at radius 1 is 1.15 bits per heavy atom. The highest BCUT2D eigenvalue weighted by Crippen LogP contribution is 2.32. The second-order valence-corrected chi connectivity index (χ2v) is 5.80. The second-order valence-electron chi connectivity index (χ2n) is 5.80. The molecule has 20 heavy (non-hydrogen) atoms. The van der Waals surface area contributed by atoms with Gasteiger partial charge in [-0.1, -0.05) is 24.3 Å². The Labute approximate surface area is 118 Å². The van der Waals surface area contributed by atoms with Gasteiger partial charge in [-0.2, -0.15) is 0 Å². The third-order valence-corrected chi connectivity index (χ3v) is 4.27. The van der Waals surface area contributed by atoms with Crippen molar-refractivity contribution < 1.29 is 14.7 Å². The lowest BCUT2D eigenvalue weighted by Crippen LogP contribution is -2.42. The van der Waals surface area contributed by atoms with Crippen molar-refractivity contribution in [1.82, 2.24) is 4.90 Å². The maximum atomic E-state index is 12.6. The number of carbonyl (C=O) groups is 2. The zero-order chi connectivity index (χ0) is 14.1. The molecule has 2 aliphatic carbocycles. The first kappa shape index (κ1) is 13.2. The molecule has 0 aromatic heterocycles. The summed E-state index contributed by atoms with van der Waals surface area (Å²) in [7, 11) is 0. The third kappa shape index (κ3) is 2.69. The molecule has 1 amide bonds. The second kappa shape index (κ2) is 5.27. The fraction of sp³-hybridized carbons (Fsp3) is 0.500. The zero-order valence-corrected chi connectivity index (χ0v) is 11.4. The normalized spacial score (nSPS) is 21.1. The van der Waals surface area contributed by atoms with Crippen LogP contribution < -0.4 is 0 Å². The van der Waals surface area contributed by atoms with Crippen molar-refractivity contribution in [3.8, 4) is 0 Å². The van der Waals surface area contributed by atoms with E-state index >= 15 is 0 Å². The monoisotopic (exact) mass is 273 g/mol. The Balaban J connectivity index is 1.72. The van der Waals surface area contributed by atoms with Gasteiger partial charge in [0.2, 0.25) is 5.91 Å². The van der Waals surface area contributed by atoms with E-state index in [1.54, 1.807) is 4.90 Å². The van der Waals surface area contributed by atoms with E-state index in [2.05, 4.69) is 12.1 Å². The first-order valence-electron chi connectivity index (χ1n) is 7.24. The van der Waals surface area contributed by atoms with Gasteiger partial charge in [0.25, 0.3) is 0 Å². The molecule has 1 N–H and O–H groups in total. The quantitative estimate of drug-likeness (QED) is 0.911. The number of carboxylic acids is 1. The van der Waals surface area contributed by atoms with Gasteiger partial charge in [-0.25, -0.2) is 0 Å². The number of carboxylic acid groups (broad SMARTS) is 1. The molecular formula is C16H19NO3. The molecule has 0 bridgehead atoms. The van der Waals surface area contributed by atoms with Crippen molar-refractivity contribution in [2.75, 3.05) is 6.54 Å². The lowest BCUT2D eigenvalue weighted by molar-refractivity contribution is -0.147. The van der Waals surface area contributed by atoms with Gasteiger partial charge < -0.3 is 10.0 Å². The van der Waals surface area contributed by atoms with E-state index in [9.17, 15) is 9.59 Å². The minimum atomic E-state index is -0.915. The Morgan fingerprint density at radius 2 is 1.85 bits per heavy atom. The van der Waals surface area contributed by atoms with E-state index < -0.39 is 5.97 Å². The van der Waals surface area contributed by atoms with Gasteiger partial charge in [-0.3, -0.25) is 9.59 Å². The molecule has 0 heterocycles. The summed E-state index contributed by atoms with van der Waals surface area (Å²) in [5, 5.41) is 8.97. The van der Waals surface area contributed by atoms with Gasteiger partial charge in [0.1, 0.15) is 6.54 Å². The summed E-state index contributed by atoms with van der Waals surface area (Å²) >= 11 is 0. The number of fused-ring (bicyclic) bond motifs is 1. The van der Waals surface area contributed by atoms with Gasteiger partial charge in [0.05, 0.1) is 0 Å². The van der Waals surface area contributed by atoms with Crippen LogP contribution in [0.3, 0.4) is 0 Å². The molecule has 3 rings (SSSR count). The van der Waals surface area contributed by atoms with Crippen LogP contribution in [0.2, 0.25) is 0 Å². The summed E-state index contributed by atoms with van der Waals surface area (Å²) in [6, 6.07) is 8.39. The van der Waals surface area contributed by atoms with Gasteiger partial charge in [0.15, 0.2) is 0 Å². The van der Waals surface area contributed by atoms with Crippen molar-refractivity contribution >= 4 is 11.9 Å². The molecule has 2 aliphatic rings. The third-order valence-electron chi connectivity index (χ3n) is 4.27. The maximum absolute atomic E-state index is 12.6. The topological polar surface area (TPSA) is 57.6 Å². The lowest BCUT2D eigenvalue weighted by atomic mass is 9.83. The lowest BCUT2D eigenvalue weighted by Gasteiger charge is -2.29. The van der Waals surface area contributed by atoms with Crippen molar-refractivity contribution in [3.05, 3.63) is 35.4 Å². The molecule has 1 atom stereocenters. The number of rotatable bonds is 4. The molecule has 0 radical (unpaired) electrons.